The summed E-state index contributed by atoms with van der Waals surface area (Å²) in [4.78, 5) is 33.4. The summed E-state index contributed by atoms with van der Waals surface area (Å²) in [6.07, 6.45) is 6.22. The lowest BCUT2D eigenvalue weighted by Gasteiger charge is -2.39. The first-order valence-electron chi connectivity index (χ1n) is 14.1. The Morgan fingerprint density at radius 3 is 2.26 bits per heavy atom. The highest BCUT2D eigenvalue weighted by atomic mass is 79.9. The van der Waals surface area contributed by atoms with Gasteiger partial charge in [-0.25, -0.2) is 0 Å². The van der Waals surface area contributed by atoms with Crippen LogP contribution in [-0.4, -0.2) is 65.8 Å². The summed E-state index contributed by atoms with van der Waals surface area (Å²) in [5, 5.41) is 0. The predicted molar refractivity (Wildman–Crippen MR) is 156 cm³/mol. The van der Waals surface area contributed by atoms with Crippen LogP contribution in [0.15, 0.2) is 59.1 Å². The van der Waals surface area contributed by atoms with Gasteiger partial charge in [-0.3, -0.25) is 9.59 Å². The molecular formula is C31H39BrClN3O2. The zero-order valence-electron chi connectivity index (χ0n) is 22.1. The Morgan fingerprint density at radius 2 is 1.61 bits per heavy atom. The highest BCUT2D eigenvalue weighted by Crippen LogP contribution is 2.43. The van der Waals surface area contributed by atoms with E-state index in [4.69, 9.17) is 0 Å². The molecule has 3 aliphatic heterocycles. The summed E-state index contributed by atoms with van der Waals surface area (Å²) in [6.45, 7) is 6.27. The largest absolute Gasteiger partial charge is 0.341 e. The molecule has 2 atom stereocenters. The average molecular weight is 601 g/mol. The molecule has 7 heteroatoms. The first-order valence-corrected chi connectivity index (χ1v) is 14.9. The molecule has 204 valence electrons. The number of hydrogen-bond donors (Lipinski definition) is 0. The van der Waals surface area contributed by atoms with Gasteiger partial charge in [-0.2, -0.15) is 0 Å². The van der Waals surface area contributed by atoms with E-state index < -0.39 is 0 Å². The highest BCUT2D eigenvalue weighted by Gasteiger charge is 2.48. The third-order valence-electron chi connectivity index (χ3n) is 9.63. The molecule has 1 saturated carbocycles. The number of benzene rings is 2. The van der Waals surface area contributed by atoms with Crippen molar-refractivity contribution >= 4 is 40.2 Å². The fraction of sp³-hybridized carbons (Fsp3) is 0.548. The SMILES string of the molecule is Cl.O=C(C1CCC1)N1C[C@H](CN2CCC3(CC2)CCN(Cc2ccc(Br)cc2)C3=O)[C@@H](c2ccccc2)C1. The number of piperidine rings is 1. The van der Waals surface area contributed by atoms with E-state index >= 15 is 0 Å². The Balaban J connectivity index is 0.00000294. The lowest BCUT2D eigenvalue weighted by atomic mass is 9.76. The molecule has 5 nitrogen and oxygen atoms in total. The van der Waals surface area contributed by atoms with Crippen molar-refractivity contribution < 1.29 is 9.59 Å². The van der Waals surface area contributed by atoms with Gasteiger partial charge in [0.05, 0.1) is 5.41 Å². The maximum absolute atomic E-state index is 13.5. The Morgan fingerprint density at radius 1 is 0.921 bits per heavy atom. The Bertz CT molecular complexity index is 1120. The number of likely N-dealkylation sites (tertiary alicyclic amines) is 3. The predicted octanol–water partition coefficient (Wildman–Crippen LogP) is 5.73. The van der Waals surface area contributed by atoms with Crippen molar-refractivity contribution in [3.8, 4) is 0 Å². The fourth-order valence-electron chi connectivity index (χ4n) is 7.04. The van der Waals surface area contributed by atoms with E-state index in [1.54, 1.807) is 0 Å². The third-order valence-corrected chi connectivity index (χ3v) is 10.2. The zero-order chi connectivity index (χ0) is 25.4. The molecule has 0 unspecified atom stereocenters. The topological polar surface area (TPSA) is 43.9 Å². The van der Waals surface area contributed by atoms with Crippen molar-refractivity contribution in [2.45, 2.75) is 51.0 Å². The van der Waals surface area contributed by atoms with Gasteiger partial charge < -0.3 is 14.7 Å². The Labute approximate surface area is 241 Å². The molecule has 3 saturated heterocycles. The van der Waals surface area contributed by atoms with Crippen LogP contribution in [0.3, 0.4) is 0 Å². The molecule has 2 amide bonds. The smallest absolute Gasteiger partial charge is 0.229 e. The summed E-state index contributed by atoms with van der Waals surface area (Å²) in [6, 6.07) is 19.1. The van der Waals surface area contributed by atoms with E-state index in [1.165, 1.54) is 17.5 Å². The van der Waals surface area contributed by atoms with Gasteiger partial charge in [0.15, 0.2) is 0 Å². The summed E-state index contributed by atoms with van der Waals surface area (Å²) in [5.74, 6) is 1.85. The van der Waals surface area contributed by atoms with Gasteiger partial charge in [0, 0.05) is 49.0 Å². The molecule has 0 bridgehead atoms. The number of halogens is 2. The number of carbonyl (C=O) groups excluding carboxylic acids is 2. The molecule has 0 aromatic heterocycles. The van der Waals surface area contributed by atoms with Gasteiger partial charge in [0.1, 0.15) is 0 Å². The van der Waals surface area contributed by atoms with Crippen molar-refractivity contribution in [3.63, 3.8) is 0 Å². The van der Waals surface area contributed by atoms with E-state index in [1.807, 2.05) is 0 Å². The maximum Gasteiger partial charge on any atom is 0.229 e. The molecule has 1 aliphatic carbocycles. The van der Waals surface area contributed by atoms with Crippen LogP contribution in [0, 0.1) is 17.3 Å². The first-order chi connectivity index (χ1) is 18.0. The van der Waals surface area contributed by atoms with Crippen molar-refractivity contribution in [2.24, 2.45) is 17.3 Å². The minimum Gasteiger partial charge on any atom is -0.341 e. The van der Waals surface area contributed by atoms with E-state index in [-0.39, 0.29) is 23.7 Å². The van der Waals surface area contributed by atoms with Gasteiger partial charge in [-0.1, -0.05) is 64.8 Å². The summed E-state index contributed by atoms with van der Waals surface area (Å²) in [7, 11) is 0. The van der Waals surface area contributed by atoms with Crippen LogP contribution < -0.4 is 0 Å². The van der Waals surface area contributed by atoms with Crippen molar-refractivity contribution in [1.82, 2.24) is 14.7 Å². The lowest BCUT2D eigenvalue weighted by molar-refractivity contribution is -0.139. The van der Waals surface area contributed by atoms with Gasteiger partial charge in [0.25, 0.3) is 0 Å². The van der Waals surface area contributed by atoms with Crippen LogP contribution >= 0.6 is 28.3 Å². The first kappa shape index (κ1) is 27.7. The summed E-state index contributed by atoms with van der Waals surface area (Å²) in [5.41, 5.74) is 2.38. The normalized spacial score (nSPS) is 25.4. The molecule has 38 heavy (non-hydrogen) atoms. The van der Waals surface area contributed by atoms with Crippen LogP contribution in [0.5, 0.6) is 0 Å². The van der Waals surface area contributed by atoms with E-state index in [0.717, 1.165) is 75.8 Å². The zero-order valence-corrected chi connectivity index (χ0v) is 24.5. The summed E-state index contributed by atoms with van der Waals surface area (Å²) < 4.78 is 1.07. The number of carbonyl (C=O) groups is 2. The molecule has 1 spiro atoms. The van der Waals surface area contributed by atoms with Crippen molar-refractivity contribution in [2.75, 3.05) is 39.3 Å². The van der Waals surface area contributed by atoms with Crippen LogP contribution in [0.4, 0.5) is 0 Å². The minimum absolute atomic E-state index is 0. The molecular weight excluding hydrogens is 562 g/mol. The molecule has 3 heterocycles. The average Bonchev–Trinajstić information content (AvgIpc) is 3.43. The molecule has 0 radical (unpaired) electrons. The van der Waals surface area contributed by atoms with Crippen LogP contribution in [0.1, 0.15) is 55.6 Å². The molecule has 0 N–H and O–H groups in total. The highest BCUT2D eigenvalue weighted by molar-refractivity contribution is 9.10. The maximum atomic E-state index is 13.5. The molecule has 2 aromatic carbocycles. The second kappa shape index (κ2) is 11.7. The van der Waals surface area contributed by atoms with Gasteiger partial charge in [-0.15, -0.1) is 12.4 Å². The van der Waals surface area contributed by atoms with Crippen LogP contribution in [-0.2, 0) is 16.1 Å². The number of hydrogen-bond acceptors (Lipinski definition) is 3. The van der Waals surface area contributed by atoms with E-state index in [9.17, 15) is 9.59 Å². The Hall–Kier alpha value is -1.89. The molecule has 4 fully saturated rings. The number of rotatable bonds is 6. The van der Waals surface area contributed by atoms with Crippen LogP contribution in [0.25, 0.3) is 0 Å². The van der Waals surface area contributed by atoms with E-state index in [0.29, 0.717) is 30.2 Å². The lowest BCUT2D eigenvalue weighted by Crippen LogP contribution is -2.46. The van der Waals surface area contributed by atoms with Gasteiger partial charge >= 0.3 is 0 Å². The minimum atomic E-state index is -0.174. The van der Waals surface area contributed by atoms with Crippen molar-refractivity contribution in [3.05, 3.63) is 70.2 Å². The Kier molecular flexibility index (Phi) is 8.51. The molecule has 2 aromatic rings. The second-order valence-electron chi connectivity index (χ2n) is 11.8. The number of nitrogens with zero attached hydrogens (tertiary/aromatic N) is 3. The third kappa shape index (κ3) is 5.55. The van der Waals surface area contributed by atoms with Gasteiger partial charge in [-0.05, 0) is 74.4 Å². The van der Waals surface area contributed by atoms with Crippen LogP contribution in [0.2, 0.25) is 0 Å². The van der Waals surface area contributed by atoms with Gasteiger partial charge in [0.2, 0.25) is 11.8 Å². The summed E-state index contributed by atoms with van der Waals surface area (Å²) >= 11 is 3.50. The molecule has 4 aliphatic rings. The van der Waals surface area contributed by atoms with E-state index in [2.05, 4.69) is 85.2 Å². The monoisotopic (exact) mass is 599 g/mol. The quantitative estimate of drug-likeness (QED) is 0.426. The van der Waals surface area contributed by atoms with Crippen molar-refractivity contribution in [1.29, 1.82) is 0 Å². The fourth-order valence-corrected chi connectivity index (χ4v) is 7.30. The second-order valence-corrected chi connectivity index (χ2v) is 12.7. The molecule has 6 rings (SSSR count). The standard InChI is InChI=1S/C31H38BrN3O2.ClH/c32-27-11-9-23(10-12-27)19-34-18-15-31(30(34)37)13-16-33(17-14-31)20-26-21-35(29(36)25-7-4-8-25)22-28(26)24-5-2-1-3-6-24;/h1-3,5-6,9-12,25-26,28H,4,7-8,13-22H2;1H/t26-,28+;/m0./s1. The number of amides is 2.